The summed E-state index contributed by atoms with van der Waals surface area (Å²) in [4.78, 5) is 13.2. The highest BCUT2D eigenvalue weighted by atomic mass is 16.3. The van der Waals surface area contributed by atoms with E-state index < -0.39 is 0 Å². The third kappa shape index (κ3) is 5.54. The van der Waals surface area contributed by atoms with Crippen LogP contribution in [0, 0.1) is 17.8 Å². The van der Waals surface area contributed by atoms with E-state index >= 15 is 0 Å². The molecule has 0 radical (unpaired) electrons. The Kier molecular flexibility index (Phi) is 6.61. The minimum atomic E-state index is -0.144. The molecule has 0 atom stereocenters. The predicted octanol–water partition coefficient (Wildman–Crippen LogP) is 7.86. The molecule has 2 aromatic rings. The summed E-state index contributed by atoms with van der Waals surface area (Å²) in [5, 5.41) is 17.7. The number of anilines is 1. The number of benzene rings is 2. The van der Waals surface area contributed by atoms with Crippen LogP contribution in [0.1, 0.15) is 102 Å². The van der Waals surface area contributed by atoms with Crippen LogP contribution >= 0.6 is 0 Å². The lowest BCUT2D eigenvalue weighted by molar-refractivity contribution is -0.0127. The van der Waals surface area contributed by atoms with Gasteiger partial charge in [0.05, 0.1) is 0 Å². The minimum absolute atomic E-state index is 0.00648. The van der Waals surface area contributed by atoms with Crippen molar-refractivity contribution >= 4 is 11.7 Å². The lowest BCUT2D eigenvalue weighted by Crippen LogP contribution is -2.60. The Balaban J connectivity index is 1.30. The van der Waals surface area contributed by atoms with E-state index in [4.69, 9.17) is 0 Å². The molecule has 4 nitrogen and oxygen atoms in total. The molecule has 0 aliphatic heterocycles. The number of para-hydroxylation sites is 1. The van der Waals surface area contributed by atoms with Crippen LogP contribution in [-0.4, -0.2) is 16.7 Å². The van der Waals surface area contributed by atoms with Crippen LogP contribution in [0.4, 0.5) is 10.5 Å². The van der Waals surface area contributed by atoms with Gasteiger partial charge in [-0.3, -0.25) is 0 Å². The van der Waals surface area contributed by atoms with Crippen molar-refractivity contribution in [1.82, 2.24) is 5.32 Å². The van der Waals surface area contributed by atoms with Crippen molar-refractivity contribution in [1.29, 1.82) is 0 Å². The molecular weight excluding hydrogens is 456 g/mol. The third-order valence-electron chi connectivity index (χ3n) is 9.15. The fourth-order valence-corrected chi connectivity index (χ4v) is 7.78. The van der Waals surface area contributed by atoms with Crippen LogP contribution < -0.4 is 10.6 Å². The van der Waals surface area contributed by atoms with E-state index in [9.17, 15) is 9.90 Å². The summed E-state index contributed by atoms with van der Waals surface area (Å²) >= 11 is 0. The highest BCUT2D eigenvalue weighted by Gasteiger charge is 2.51. The van der Waals surface area contributed by atoms with Gasteiger partial charge < -0.3 is 15.7 Å². The van der Waals surface area contributed by atoms with E-state index in [2.05, 4.69) is 76.4 Å². The third-order valence-corrected chi connectivity index (χ3v) is 9.15. The van der Waals surface area contributed by atoms with Crippen molar-refractivity contribution in [2.24, 2.45) is 17.8 Å². The fraction of sp³-hybridized carbons (Fsp3) is 0.606. The molecule has 0 unspecified atom stereocenters. The SMILES string of the molecule is CC(C)(C)c1cc(CCc2ccccc2NC(=O)NC23CC4CC(CC(C4)C2)C3)cc(C(C)(C)C)c1O. The summed E-state index contributed by atoms with van der Waals surface area (Å²) in [5.41, 5.74) is 4.98. The number of nitrogens with one attached hydrogen (secondary N) is 2. The zero-order valence-electron chi connectivity index (χ0n) is 23.7. The van der Waals surface area contributed by atoms with Gasteiger partial charge in [-0.15, -0.1) is 0 Å². The Morgan fingerprint density at radius 1 is 0.865 bits per heavy atom. The molecule has 4 bridgehead atoms. The number of phenols is 1. The Morgan fingerprint density at radius 3 is 1.89 bits per heavy atom. The topological polar surface area (TPSA) is 61.4 Å². The van der Waals surface area contributed by atoms with Crippen molar-refractivity contribution in [2.45, 2.75) is 109 Å². The highest BCUT2D eigenvalue weighted by molar-refractivity contribution is 5.90. The molecule has 37 heavy (non-hydrogen) atoms. The van der Waals surface area contributed by atoms with Gasteiger partial charge in [-0.2, -0.15) is 0 Å². The molecule has 200 valence electrons. The standard InChI is InChI=1S/C33H46N2O2/c1-31(2,3)26-16-21(17-27(29(26)36)32(4,5)6)11-12-25-9-7-8-10-28(25)34-30(37)35-33-18-22-13-23(19-33)15-24(14-22)20-33/h7-10,16-17,22-24,36H,11-15,18-20H2,1-6H3,(H2,34,35,37). The average Bonchev–Trinajstić information content (AvgIpc) is 2.76. The first-order valence-corrected chi connectivity index (χ1v) is 14.4. The molecule has 4 aliphatic carbocycles. The van der Waals surface area contributed by atoms with Gasteiger partial charge in [0.15, 0.2) is 0 Å². The molecule has 4 saturated carbocycles. The maximum Gasteiger partial charge on any atom is 0.319 e. The summed E-state index contributed by atoms with van der Waals surface area (Å²) in [6.07, 6.45) is 9.25. The zero-order chi connectivity index (χ0) is 26.6. The summed E-state index contributed by atoms with van der Waals surface area (Å²) < 4.78 is 0. The summed E-state index contributed by atoms with van der Waals surface area (Å²) in [5.74, 6) is 2.84. The van der Waals surface area contributed by atoms with Crippen LogP contribution in [0.2, 0.25) is 0 Å². The van der Waals surface area contributed by atoms with Crippen LogP contribution in [0.3, 0.4) is 0 Å². The van der Waals surface area contributed by atoms with Gasteiger partial charge in [0.1, 0.15) is 5.75 Å². The zero-order valence-corrected chi connectivity index (χ0v) is 23.7. The first-order valence-electron chi connectivity index (χ1n) is 14.4. The van der Waals surface area contributed by atoms with Gasteiger partial charge in [-0.1, -0.05) is 71.9 Å². The summed E-state index contributed by atoms with van der Waals surface area (Å²) in [6.45, 7) is 12.9. The number of aryl methyl sites for hydroxylation is 2. The molecule has 4 aliphatic rings. The number of phenolic OH excluding ortho intramolecular Hbond substituents is 1. The summed E-state index contributed by atoms with van der Waals surface area (Å²) in [6, 6.07) is 12.5. The predicted molar refractivity (Wildman–Crippen MR) is 152 cm³/mol. The normalized spacial score (nSPS) is 26.8. The van der Waals surface area contributed by atoms with Gasteiger partial charge in [0.25, 0.3) is 0 Å². The van der Waals surface area contributed by atoms with Crippen LogP contribution in [0.15, 0.2) is 36.4 Å². The second kappa shape index (κ2) is 9.36. The molecule has 3 N–H and O–H groups in total. The molecule has 4 heteroatoms. The first kappa shape index (κ1) is 26.1. The van der Waals surface area contributed by atoms with Crippen LogP contribution in [-0.2, 0) is 23.7 Å². The minimum Gasteiger partial charge on any atom is -0.507 e. The second-order valence-electron chi connectivity index (χ2n) is 14.5. The Bertz CT molecular complexity index is 1100. The molecule has 0 saturated heterocycles. The van der Waals surface area contributed by atoms with Crippen molar-refractivity contribution in [3.8, 4) is 5.75 Å². The van der Waals surface area contributed by atoms with Crippen molar-refractivity contribution in [2.75, 3.05) is 5.32 Å². The molecule has 6 rings (SSSR count). The van der Waals surface area contributed by atoms with Gasteiger partial charge in [0, 0.05) is 11.2 Å². The number of urea groups is 1. The number of hydrogen-bond donors (Lipinski definition) is 3. The second-order valence-corrected chi connectivity index (χ2v) is 14.5. The van der Waals surface area contributed by atoms with E-state index in [1.807, 2.05) is 12.1 Å². The van der Waals surface area contributed by atoms with Gasteiger partial charge in [0.2, 0.25) is 0 Å². The van der Waals surface area contributed by atoms with E-state index in [-0.39, 0.29) is 22.4 Å². The number of aromatic hydroxyl groups is 1. The van der Waals surface area contributed by atoms with E-state index in [1.165, 1.54) is 24.8 Å². The molecular formula is C33H46N2O2. The molecule has 4 fully saturated rings. The van der Waals surface area contributed by atoms with Crippen molar-refractivity contribution < 1.29 is 9.90 Å². The van der Waals surface area contributed by atoms with Gasteiger partial charge >= 0.3 is 6.03 Å². The number of hydrogen-bond acceptors (Lipinski definition) is 2. The smallest absolute Gasteiger partial charge is 0.319 e. The number of rotatable bonds is 5. The van der Waals surface area contributed by atoms with E-state index in [1.54, 1.807) is 0 Å². The Hall–Kier alpha value is -2.49. The molecule has 0 heterocycles. The highest BCUT2D eigenvalue weighted by Crippen LogP contribution is 2.55. The van der Waals surface area contributed by atoms with E-state index in [0.29, 0.717) is 5.75 Å². The number of carbonyl (C=O) groups excluding carboxylic acids is 1. The molecule has 0 aromatic heterocycles. The molecule has 0 spiro atoms. The lowest BCUT2D eigenvalue weighted by Gasteiger charge is -2.56. The van der Waals surface area contributed by atoms with E-state index in [0.717, 1.165) is 72.2 Å². The lowest BCUT2D eigenvalue weighted by atomic mass is 9.53. The number of carbonyl (C=O) groups is 1. The maximum atomic E-state index is 13.2. The monoisotopic (exact) mass is 502 g/mol. The average molecular weight is 503 g/mol. The van der Waals surface area contributed by atoms with Crippen molar-refractivity contribution in [3.63, 3.8) is 0 Å². The Morgan fingerprint density at radius 2 is 1.38 bits per heavy atom. The first-order chi connectivity index (χ1) is 17.3. The Labute approximate surface area is 223 Å². The van der Waals surface area contributed by atoms with Crippen LogP contribution in [0.25, 0.3) is 0 Å². The summed E-state index contributed by atoms with van der Waals surface area (Å²) in [7, 11) is 0. The number of amides is 2. The largest absolute Gasteiger partial charge is 0.507 e. The molecule has 2 amide bonds. The quantitative estimate of drug-likeness (QED) is 0.390. The maximum absolute atomic E-state index is 13.2. The van der Waals surface area contributed by atoms with Crippen molar-refractivity contribution in [3.05, 3.63) is 58.7 Å². The fourth-order valence-electron chi connectivity index (χ4n) is 7.78. The van der Waals surface area contributed by atoms with Gasteiger partial charge in [-0.05, 0) is 108 Å². The van der Waals surface area contributed by atoms with Crippen LogP contribution in [0.5, 0.6) is 5.75 Å². The van der Waals surface area contributed by atoms with Gasteiger partial charge in [-0.25, -0.2) is 4.79 Å². The molecule has 2 aromatic carbocycles.